The van der Waals surface area contributed by atoms with Crippen LogP contribution in [0.1, 0.15) is 32.1 Å². The van der Waals surface area contributed by atoms with Crippen LogP contribution in [0.4, 0.5) is 0 Å². The lowest BCUT2D eigenvalue weighted by Gasteiger charge is -2.20. The van der Waals surface area contributed by atoms with Crippen molar-refractivity contribution in [3.8, 4) is 0 Å². The molecule has 0 bridgehead atoms. The summed E-state index contributed by atoms with van der Waals surface area (Å²) in [6.45, 7) is 0. The lowest BCUT2D eigenvalue weighted by atomic mass is 9.91. The van der Waals surface area contributed by atoms with Gasteiger partial charge in [-0.05, 0) is 24.8 Å². The third kappa shape index (κ3) is 4.10. The van der Waals surface area contributed by atoms with Crippen molar-refractivity contribution >= 4 is 11.8 Å². The minimum atomic E-state index is 0. The fourth-order valence-corrected chi connectivity index (χ4v) is 3.39. The van der Waals surface area contributed by atoms with Crippen LogP contribution in [0.15, 0.2) is 29.4 Å². The monoisotopic (exact) mass is 301 g/mol. The average Bonchev–Trinajstić information content (AvgIpc) is 2.29. The zero-order valence-corrected chi connectivity index (χ0v) is 12.3. The highest BCUT2D eigenvalue weighted by Crippen LogP contribution is 2.28. The lowest BCUT2D eigenvalue weighted by Crippen LogP contribution is -3.00. The second-order valence-electron chi connectivity index (χ2n) is 4.46. The number of rotatable bonds is 3. The summed E-state index contributed by atoms with van der Waals surface area (Å²) in [7, 11) is 2.13. The van der Waals surface area contributed by atoms with Crippen molar-refractivity contribution in [1.82, 2.24) is 0 Å². The molecule has 3 heteroatoms. The van der Waals surface area contributed by atoms with E-state index in [1.54, 1.807) is 0 Å². The Hall–Kier alpha value is -0.0200. The van der Waals surface area contributed by atoms with E-state index in [-0.39, 0.29) is 17.0 Å². The summed E-state index contributed by atoms with van der Waals surface area (Å²) >= 11 is 2.02. The van der Waals surface area contributed by atoms with Crippen LogP contribution < -0.4 is 21.5 Å². The van der Waals surface area contributed by atoms with Crippen LogP contribution >= 0.6 is 11.8 Å². The minimum Gasteiger partial charge on any atom is -1.00 e. The van der Waals surface area contributed by atoms with Gasteiger partial charge < -0.3 is 17.0 Å². The summed E-state index contributed by atoms with van der Waals surface area (Å²) in [6.07, 6.45) is 9.38. The number of aromatic nitrogens is 1. The summed E-state index contributed by atoms with van der Waals surface area (Å²) < 4.78 is 2.22. The molecular weight excluding hydrogens is 282 g/mol. The summed E-state index contributed by atoms with van der Waals surface area (Å²) in [5.41, 5.74) is 0. The first kappa shape index (κ1) is 14.0. The maximum Gasteiger partial charge on any atom is 0.239 e. The van der Waals surface area contributed by atoms with E-state index in [2.05, 4.69) is 36.0 Å². The molecule has 0 amide bonds. The topological polar surface area (TPSA) is 3.88 Å². The maximum absolute atomic E-state index is 2.22. The SMILES string of the molecule is C[n+]1ccccc1SCC1CCCCC1.[Br-]. The Balaban J connectivity index is 0.00000128. The normalized spacial score (nSPS) is 16.8. The molecular formula is C13H20BrNS. The molecule has 1 saturated carbocycles. The highest BCUT2D eigenvalue weighted by atomic mass is 79.9. The quantitative estimate of drug-likeness (QED) is 0.569. The molecule has 1 heterocycles. The van der Waals surface area contributed by atoms with Gasteiger partial charge in [-0.3, -0.25) is 0 Å². The Morgan fingerprint density at radius 3 is 2.69 bits per heavy atom. The van der Waals surface area contributed by atoms with Crippen LogP contribution in [0.2, 0.25) is 0 Å². The molecule has 1 aromatic rings. The van der Waals surface area contributed by atoms with Crippen molar-refractivity contribution in [2.45, 2.75) is 37.1 Å². The van der Waals surface area contributed by atoms with E-state index >= 15 is 0 Å². The largest absolute Gasteiger partial charge is 1.00 e. The number of nitrogens with zero attached hydrogens (tertiary/aromatic N) is 1. The maximum atomic E-state index is 2.22. The molecule has 0 aliphatic heterocycles. The number of pyridine rings is 1. The number of halogens is 1. The predicted octanol–water partition coefficient (Wildman–Crippen LogP) is 0.188. The van der Waals surface area contributed by atoms with E-state index in [1.807, 2.05) is 11.8 Å². The summed E-state index contributed by atoms with van der Waals surface area (Å²) in [4.78, 5) is 0. The molecule has 0 atom stereocenters. The minimum absolute atomic E-state index is 0. The van der Waals surface area contributed by atoms with Gasteiger partial charge >= 0.3 is 0 Å². The van der Waals surface area contributed by atoms with Crippen molar-refractivity contribution in [1.29, 1.82) is 0 Å². The average molecular weight is 302 g/mol. The van der Waals surface area contributed by atoms with Crippen LogP contribution in [-0.4, -0.2) is 5.75 Å². The third-order valence-corrected chi connectivity index (χ3v) is 4.56. The molecule has 0 radical (unpaired) electrons. The highest BCUT2D eigenvalue weighted by Gasteiger charge is 2.15. The Bertz CT molecular complexity index is 311. The van der Waals surface area contributed by atoms with Crippen molar-refractivity contribution < 1.29 is 21.5 Å². The molecule has 1 fully saturated rings. The van der Waals surface area contributed by atoms with Crippen LogP contribution in [0.25, 0.3) is 0 Å². The number of thioether (sulfide) groups is 1. The Morgan fingerprint density at radius 2 is 2.00 bits per heavy atom. The fraction of sp³-hybridized carbons (Fsp3) is 0.615. The molecule has 1 aromatic heterocycles. The summed E-state index contributed by atoms with van der Waals surface area (Å²) in [5.74, 6) is 2.27. The van der Waals surface area contributed by atoms with Gasteiger partial charge in [-0.25, -0.2) is 0 Å². The Morgan fingerprint density at radius 1 is 1.25 bits per heavy atom. The lowest BCUT2D eigenvalue weighted by molar-refractivity contribution is -0.708. The second-order valence-corrected chi connectivity index (χ2v) is 5.51. The first-order valence-electron chi connectivity index (χ1n) is 5.94. The van der Waals surface area contributed by atoms with Crippen LogP contribution in [0.5, 0.6) is 0 Å². The molecule has 1 aliphatic rings. The summed E-state index contributed by atoms with van der Waals surface area (Å²) in [6, 6.07) is 6.43. The van der Waals surface area contributed by atoms with Gasteiger partial charge in [0, 0.05) is 17.9 Å². The smallest absolute Gasteiger partial charge is 0.239 e. The van der Waals surface area contributed by atoms with E-state index in [0.29, 0.717) is 0 Å². The first-order valence-corrected chi connectivity index (χ1v) is 6.92. The molecule has 0 N–H and O–H groups in total. The van der Waals surface area contributed by atoms with E-state index in [1.165, 1.54) is 42.9 Å². The van der Waals surface area contributed by atoms with Crippen molar-refractivity contribution in [3.63, 3.8) is 0 Å². The molecule has 1 nitrogen and oxygen atoms in total. The van der Waals surface area contributed by atoms with Gasteiger partial charge in [0.25, 0.3) is 0 Å². The van der Waals surface area contributed by atoms with Crippen molar-refractivity contribution in [3.05, 3.63) is 24.4 Å². The van der Waals surface area contributed by atoms with Crippen LogP contribution in [0.3, 0.4) is 0 Å². The fourth-order valence-electron chi connectivity index (χ4n) is 2.21. The number of hydrogen-bond donors (Lipinski definition) is 0. The second kappa shape index (κ2) is 7.33. The van der Waals surface area contributed by atoms with Gasteiger partial charge in [0.2, 0.25) is 5.03 Å². The van der Waals surface area contributed by atoms with Crippen molar-refractivity contribution in [2.24, 2.45) is 13.0 Å². The van der Waals surface area contributed by atoms with Gasteiger partial charge in [-0.2, -0.15) is 4.57 Å². The molecule has 0 unspecified atom stereocenters. The third-order valence-electron chi connectivity index (χ3n) is 3.20. The number of hydrogen-bond acceptors (Lipinski definition) is 1. The zero-order valence-electron chi connectivity index (χ0n) is 9.86. The van der Waals surface area contributed by atoms with Crippen LogP contribution in [-0.2, 0) is 7.05 Å². The summed E-state index contributed by atoms with van der Waals surface area (Å²) in [5, 5.41) is 1.39. The van der Waals surface area contributed by atoms with E-state index < -0.39 is 0 Å². The first-order chi connectivity index (χ1) is 7.36. The molecule has 90 valence electrons. The van der Waals surface area contributed by atoms with E-state index in [9.17, 15) is 0 Å². The zero-order chi connectivity index (χ0) is 10.5. The van der Waals surface area contributed by atoms with Gasteiger partial charge in [0.15, 0.2) is 6.20 Å². The van der Waals surface area contributed by atoms with Gasteiger partial charge in [0.05, 0.1) is 0 Å². The standard InChI is InChI=1S/C13H20NS.BrH/c1-14-10-6-5-9-13(14)15-11-12-7-3-2-4-8-12;/h5-6,9-10,12H,2-4,7-8,11H2,1H3;1H/q+1;/p-1. The number of aryl methyl sites for hydroxylation is 1. The Kier molecular flexibility index (Phi) is 6.44. The molecule has 2 rings (SSSR count). The van der Waals surface area contributed by atoms with Gasteiger partial charge in [-0.15, -0.1) is 0 Å². The predicted molar refractivity (Wildman–Crippen MR) is 64.9 cm³/mol. The Labute approximate surface area is 113 Å². The molecule has 1 aliphatic carbocycles. The highest BCUT2D eigenvalue weighted by molar-refractivity contribution is 7.99. The molecule has 0 aromatic carbocycles. The molecule has 0 saturated heterocycles. The van der Waals surface area contributed by atoms with E-state index in [0.717, 1.165) is 5.92 Å². The van der Waals surface area contributed by atoms with Crippen LogP contribution in [0, 0.1) is 5.92 Å². The molecule has 16 heavy (non-hydrogen) atoms. The molecule has 0 spiro atoms. The van der Waals surface area contributed by atoms with Crippen molar-refractivity contribution in [2.75, 3.05) is 5.75 Å². The van der Waals surface area contributed by atoms with E-state index in [4.69, 9.17) is 0 Å². The van der Waals surface area contributed by atoms with Gasteiger partial charge in [-0.1, -0.05) is 31.0 Å². The van der Waals surface area contributed by atoms with Gasteiger partial charge in [0.1, 0.15) is 7.05 Å².